The second-order valence-electron chi connectivity index (χ2n) is 9.40. The maximum absolute atomic E-state index is 15.0. The molecule has 2 atom stereocenters. The summed E-state index contributed by atoms with van der Waals surface area (Å²) < 4.78 is 32.2. The number of carbonyl (C=O) groups is 5. The average Bonchev–Trinajstić information content (AvgIpc) is 2.92. The quantitative estimate of drug-likeness (QED) is 0.126. The Balaban J connectivity index is 1.65. The molecule has 1 unspecified atom stereocenters. The van der Waals surface area contributed by atoms with Crippen LogP contribution in [-0.4, -0.2) is 92.1 Å². The number of rotatable bonds is 7. The fourth-order valence-corrected chi connectivity index (χ4v) is 5.15. The number of amides is 5. The minimum atomic E-state index is -4.95. The molecule has 15 nitrogen and oxygen atoms in total. The van der Waals surface area contributed by atoms with E-state index in [9.17, 15) is 48.5 Å². The van der Waals surface area contributed by atoms with E-state index in [0.29, 0.717) is 22.6 Å². The Labute approximate surface area is 237 Å². The molecule has 2 aliphatic rings. The highest BCUT2D eigenvalue weighted by Gasteiger charge is 2.41. The number of benzene rings is 2. The summed E-state index contributed by atoms with van der Waals surface area (Å²) >= 11 is 0. The number of piperazine rings is 1. The van der Waals surface area contributed by atoms with E-state index >= 15 is 4.39 Å². The van der Waals surface area contributed by atoms with Gasteiger partial charge in [-0.3, -0.25) is 23.8 Å². The number of aromatic carboxylic acids is 1. The van der Waals surface area contributed by atoms with E-state index in [1.807, 2.05) is 0 Å². The largest absolute Gasteiger partial charge is 0.547 e. The van der Waals surface area contributed by atoms with Gasteiger partial charge < -0.3 is 40.1 Å². The van der Waals surface area contributed by atoms with Crippen molar-refractivity contribution in [3.63, 3.8) is 0 Å². The van der Waals surface area contributed by atoms with E-state index in [2.05, 4.69) is 10.6 Å². The zero-order valence-corrected chi connectivity index (χ0v) is 22.8. The molecule has 18 heteroatoms. The summed E-state index contributed by atoms with van der Waals surface area (Å²) in [4.78, 5) is 83.8. The van der Waals surface area contributed by atoms with Crippen molar-refractivity contribution in [1.29, 1.82) is 0 Å². The minimum Gasteiger partial charge on any atom is -0.534 e. The van der Waals surface area contributed by atoms with Crippen LogP contribution in [0.1, 0.15) is 34.5 Å². The van der Waals surface area contributed by atoms with Crippen molar-refractivity contribution >= 4 is 49.7 Å². The van der Waals surface area contributed by atoms with Crippen LogP contribution >= 0.6 is 7.60 Å². The Hall–Kier alpha value is -4.31. The summed E-state index contributed by atoms with van der Waals surface area (Å²) in [7, 11) is -6.74. The minimum absolute atomic E-state index is 0.00322. The third kappa shape index (κ3) is 6.13. The number of hydrogen-bond acceptors (Lipinski definition) is 8. The predicted molar refractivity (Wildman–Crippen MR) is 141 cm³/mol. The SMILES string of the molecule is CCN1CCN(C(=O)NC(C(=O)N[C@H]2Cc3cccc(C(=O)O)c3OB2O)c2cc(P(=O)(O)O)ccc2F)C(=O)C1=O. The molecule has 42 heavy (non-hydrogen) atoms. The van der Waals surface area contributed by atoms with Crippen molar-refractivity contribution in [3.8, 4) is 5.75 Å². The highest BCUT2D eigenvalue weighted by atomic mass is 31.2. The molecule has 0 saturated carbocycles. The van der Waals surface area contributed by atoms with Gasteiger partial charge in [0.25, 0.3) is 0 Å². The number of hydrogen-bond donors (Lipinski definition) is 6. The Kier molecular flexibility index (Phi) is 8.68. The standard InChI is InChI=1S/C24H25BFN4O11P/c1-2-29-8-9-30(22(33)21(29)32)24(36)28-18(15-11-13(42(38,39)40)6-7-16(15)26)20(31)27-17-10-12-4-3-5-14(23(34)35)19(12)41-25(17)37/h3-7,11,17-18,37H,2,8-10H2,1H3,(H,27,31)(H,28,36)(H,34,35)(H2,38,39,40)/t17-,18?/m0/s1. The number of urea groups is 1. The van der Waals surface area contributed by atoms with Gasteiger partial charge >= 0.3 is 38.5 Å². The lowest BCUT2D eigenvalue weighted by atomic mass is 9.72. The molecule has 1 saturated heterocycles. The topological polar surface area (TPSA) is 223 Å². The molecule has 4 rings (SSSR count). The maximum Gasteiger partial charge on any atom is 0.547 e. The number of carbonyl (C=O) groups excluding carboxylic acids is 4. The maximum atomic E-state index is 15.0. The zero-order valence-electron chi connectivity index (χ0n) is 21.9. The summed E-state index contributed by atoms with van der Waals surface area (Å²) in [5, 5.41) is 23.8. The van der Waals surface area contributed by atoms with Crippen LogP contribution in [-0.2, 0) is 25.4 Å². The number of carboxylic acids is 1. The van der Waals surface area contributed by atoms with Crippen molar-refractivity contribution in [1.82, 2.24) is 20.4 Å². The van der Waals surface area contributed by atoms with Gasteiger partial charge in [0.1, 0.15) is 17.6 Å². The summed E-state index contributed by atoms with van der Waals surface area (Å²) in [6, 6.07) is 3.02. The number of imide groups is 1. The first-order chi connectivity index (χ1) is 19.7. The molecule has 0 spiro atoms. The van der Waals surface area contributed by atoms with E-state index < -0.39 is 73.1 Å². The summed E-state index contributed by atoms with van der Waals surface area (Å²) in [5.74, 6) is -7.20. The van der Waals surface area contributed by atoms with E-state index in [-0.39, 0.29) is 37.4 Å². The molecule has 2 aromatic rings. The average molecular weight is 606 g/mol. The number of nitrogens with zero attached hydrogens (tertiary/aromatic N) is 2. The van der Waals surface area contributed by atoms with Gasteiger partial charge in [-0.2, -0.15) is 0 Å². The first-order valence-corrected chi connectivity index (χ1v) is 14.1. The molecule has 0 aliphatic carbocycles. The highest BCUT2D eigenvalue weighted by Crippen LogP contribution is 2.35. The normalized spacial score (nSPS) is 17.7. The third-order valence-electron chi connectivity index (χ3n) is 6.77. The molecular formula is C24H25BFN4O11P. The van der Waals surface area contributed by atoms with Crippen LogP contribution in [0, 0.1) is 5.82 Å². The number of fused-ring (bicyclic) bond motifs is 1. The Morgan fingerprint density at radius 2 is 1.88 bits per heavy atom. The molecular weight excluding hydrogens is 581 g/mol. The Morgan fingerprint density at radius 3 is 2.52 bits per heavy atom. The molecule has 2 aliphatic heterocycles. The van der Waals surface area contributed by atoms with Crippen molar-refractivity contribution in [3.05, 3.63) is 58.9 Å². The van der Waals surface area contributed by atoms with Gasteiger partial charge in [-0.15, -0.1) is 0 Å². The molecule has 6 N–H and O–H groups in total. The van der Waals surface area contributed by atoms with Gasteiger partial charge in [0.05, 0.1) is 16.8 Å². The lowest BCUT2D eigenvalue weighted by molar-refractivity contribution is -0.153. The fraction of sp³-hybridized carbons (Fsp3) is 0.292. The molecule has 1 fully saturated rings. The number of para-hydroxylation sites is 1. The first kappa shape index (κ1) is 30.6. The highest BCUT2D eigenvalue weighted by molar-refractivity contribution is 7.60. The van der Waals surface area contributed by atoms with Gasteiger partial charge in [0, 0.05) is 25.2 Å². The van der Waals surface area contributed by atoms with Gasteiger partial charge in [0.2, 0.25) is 5.91 Å². The van der Waals surface area contributed by atoms with E-state index in [1.54, 1.807) is 6.92 Å². The fourth-order valence-electron chi connectivity index (χ4n) is 4.57. The van der Waals surface area contributed by atoms with Crippen LogP contribution in [0.25, 0.3) is 0 Å². The van der Waals surface area contributed by atoms with Gasteiger partial charge in [0.15, 0.2) is 0 Å². The van der Waals surface area contributed by atoms with E-state index in [0.717, 1.165) is 6.07 Å². The molecule has 2 aromatic carbocycles. The molecule has 5 amide bonds. The lowest BCUT2D eigenvalue weighted by Crippen LogP contribution is -2.60. The number of likely N-dealkylation sites (N-methyl/N-ethyl adjacent to an activating group) is 1. The lowest BCUT2D eigenvalue weighted by Gasteiger charge is -2.33. The first-order valence-electron chi connectivity index (χ1n) is 12.5. The molecule has 2 heterocycles. The molecule has 222 valence electrons. The van der Waals surface area contributed by atoms with Crippen molar-refractivity contribution in [2.75, 3.05) is 19.6 Å². The van der Waals surface area contributed by atoms with Crippen molar-refractivity contribution < 1.29 is 57.5 Å². The van der Waals surface area contributed by atoms with Crippen LogP contribution in [0.15, 0.2) is 36.4 Å². The van der Waals surface area contributed by atoms with E-state index in [4.69, 9.17) is 4.65 Å². The second-order valence-corrected chi connectivity index (χ2v) is 11.0. The predicted octanol–water partition coefficient (Wildman–Crippen LogP) is -1.09. The zero-order chi connectivity index (χ0) is 30.9. The molecule has 0 aromatic heterocycles. The second kappa shape index (κ2) is 11.9. The number of nitrogens with one attached hydrogen (secondary N) is 2. The summed E-state index contributed by atoms with van der Waals surface area (Å²) in [6.45, 7) is 1.58. The molecule has 0 radical (unpaired) electrons. The number of halogens is 1. The smallest absolute Gasteiger partial charge is 0.534 e. The Morgan fingerprint density at radius 1 is 1.17 bits per heavy atom. The van der Waals surface area contributed by atoms with Crippen molar-refractivity contribution in [2.45, 2.75) is 25.3 Å². The number of carboxylic acid groups (broad SMARTS) is 1. The monoisotopic (exact) mass is 606 g/mol. The van der Waals surface area contributed by atoms with Gasteiger partial charge in [-0.25, -0.2) is 14.0 Å². The van der Waals surface area contributed by atoms with Crippen LogP contribution < -0.4 is 20.6 Å². The van der Waals surface area contributed by atoms with Gasteiger partial charge in [-0.1, -0.05) is 12.1 Å². The van der Waals surface area contributed by atoms with Crippen LogP contribution in [0.5, 0.6) is 5.75 Å². The summed E-state index contributed by atoms with van der Waals surface area (Å²) in [5.41, 5.74) is -0.619. The Bertz CT molecular complexity index is 1520. The van der Waals surface area contributed by atoms with Crippen LogP contribution in [0.3, 0.4) is 0 Å². The molecule has 0 bridgehead atoms. The van der Waals surface area contributed by atoms with E-state index in [1.165, 1.54) is 23.1 Å². The van der Waals surface area contributed by atoms with Crippen LogP contribution in [0.4, 0.5) is 9.18 Å². The van der Waals surface area contributed by atoms with Crippen LogP contribution in [0.2, 0.25) is 0 Å². The third-order valence-corrected chi connectivity index (χ3v) is 7.72. The van der Waals surface area contributed by atoms with Gasteiger partial charge in [-0.05, 0) is 43.2 Å². The van der Waals surface area contributed by atoms with Crippen molar-refractivity contribution in [2.24, 2.45) is 0 Å². The summed E-state index contributed by atoms with van der Waals surface area (Å²) in [6.07, 6.45) is -0.152.